The van der Waals surface area contributed by atoms with Gasteiger partial charge in [0.05, 0.1) is 18.6 Å². The van der Waals surface area contributed by atoms with Crippen LogP contribution in [0.15, 0.2) is 0 Å². The molecule has 1 unspecified atom stereocenters. The van der Waals surface area contributed by atoms with Crippen LogP contribution in [0.2, 0.25) is 0 Å². The molecule has 1 saturated carbocycles. The van der Waals surface area contributed by atoms with Crippen molar-refractivity contribution in [3.8, 4) is 0 Å². The van der Waals surface area contributed by atoms with Crippen LogP contribution in [0.1, 0.15) is 40.0 Å². The Hall–Kier alpha value is -1.43. The van der Waals surface area contributed by atoms with E-state index < -0.39 is 17.4 Å². The van der Waals surface area contributed by atoms with Crippen molar-refractivity contribution in [1.82, 2.24) is 10.2 Å². The quantitative estimate of drug-likeness (QED) is 0.565. The molecule has 0 bridgehead atoms. The molecule has 1 atom stereocenters. The summed E-state index contributed by atoms with van der Waals surface area (Å²) in [4.78, 5) is 37.2. The van der Waals surface area contributed by atoms with E-state index in [0.29, 0.717) is 6.04 Å². The molecule has 0 radical (unpaired) electrons. The van der Waals surface area contributed by atoms with Gasteiger partial charge in [0.1, 0.15) is 6.04 Å². The lowest BCUT2D eigenvalue weighted by Crippen LogP contribution is -2.50. The summed E-state index contributed by atoms with van der Waals surface area (Å²) < 4.78 is 5.01. The number of rotatable bonds is 6. The first-order valence-electron chi connectivity index (χ1n) is 7.12. The molecule has 0 spiro atoms. The van der Waals surface area contributed by atoms with E-state index in [9.17, 15) is 14.4 Å². The summed E-state index contributed by atoms with van der Waals surface area (Å²) in [5.74, 6) is -0.828. The first-order chi connectivity index (χ1) is 9.35. The first-order valence-corrected chi connectivity index (χ1v) is 7.12. The lowest BCUT2D eigenvalue weighted by Gasteiger charge is -2.23. The topological polar surface area (TPSA) is 75.7 Å². The van der Waals surface area contributed by atoms with Gasteiger partial charge in [-0.3, -0.25) is 19.3 Å². The maximum Gasteiger partial charge on any atom is 0.325 e. The van der Waals surface area contributed by atoms with E-state index >= 15 is 0 Å². The van der Waals surface area contributed by atoms with Crippen LogP contribution >= 0.6 is 0 Å². The van der Waals surface area contributed by atoms with Crippen LogP contribution in [0.3, 0.4) is 0 Å². The van der Waals surface area contributed by atoms with Crippen molar-refractivity contribution < 1.29 is 19.1 Å². The van der Waals surface area contributed by atoms with Crippen molar-refractivity contribution in [3.05, 3.63) is 0 Å². The molecule has 0 aromatic rings. The minimum absolute atomic E-state index is 0.0659. The van der Waals surface area contributed by atoms with E-state index in [1.54, 1.807) is 20.8 Å². The number of nitrogens with one attached hydrogen (secondary N) is 1. The van der Waals surface area contributed by atoms with Gasteiger partial charge in [-0.1, -0.05) is 13.8 Å². The number of carbonyl (C=O) groups is 3. The maximum atomic E-state index is 12.2. The maximum absolute atomic E-state index is 12.2. The highest BCUT2D eigenvalue weighted by Crippen LogP contribution is 2.31. The highest BCUT2D eigenvalue weighted by Gasteiger charge is 2.46. The molecule has 0 aromatic heterocycles. The minimum Gasteiger partial charge on any atom is -0.465 e. The third-order valence-electron chi connectivity index (χ3n) is 3.67. The first kappa shape index (κ1) is 15.0. The molecule has 2 rings (SSSR count). The fourth-order valence-corrected chi connectivity index (χ4v) is 2.37. The van der Waals surface area contributed by atoms with E-state index in [1.807, 2.05) is 0 Å². The SMILES string of the molecule is CCOC(=O)C(CN1C(=O)CC(C)(C)C1=O)NC1CC1. The molecule has 6 nitrogen and oxygen atoms in total. The van der Waals surface area contributed by atoms with Crippen LogP contribution in [0.4, 0.5) is 0 Å². The number of esters is 1. The predicted octanol–water partition coefficient (Wildman–Crippen LogP) is 0.455. The van der Waals surface area contributed by atoms with Gasteiger partial charge in [0.2, 0.25) is 11.8 Å². The van der Waals surface area contributed by atoms with Gasteiger partial charge in [-0.25, -0.2) is 0 Å². The number of hydrogen-bond acceptors (Lipinski definition) is 5. The molecule has 2 aliphatic rings. The average Bonchev–Trinajstić information content (AvgIpc) is 3.13. The molecule has 2 fully saturated rings. The Morgan fingerprint density at radius 1 is 1.45 bits per heavy atom. The summed E-state index contributed by atoms with van der Waals surface area (Å²) in [6.45, 7) is 5.59. The Morgan fingerprint density at radius 3 is 2.55 bits per heavy atom. The van der Waals surface area contributed by atoms with Gasteiger partial charge in [-0.15, -0.1) is 0 Å². The number of hydrogen-bond donors (Lipinski definition) is 1. The zero-order valence-corrected chi connectivity index (χ0v) is 12.3. The Balaban J connectivity index is 2.04. The molecule has 1 aliphatic heterocycles. The van der Waals surface area contributed by atoms with Gasteiger partial charge in [0, 0.05) is 12.5 Å². The Labute approximate surface area is 118 Å². The number of carbonyl (C=O) groups excluding carboxylic acids is 3. The zero-order valence-electron chi connectivity index (χ0n) is 12.3. The summed E-state index contributed by atoms with van der Waals surface area (Å²) in [6, 6.07) is -0.325. The van der Waals surface area contributed by atoms with Crippen molar-refractivity contribution >= 4 is 17.8 Å². The largest absolute Gasteiger partial charge is 0.465 e. The molecule has 2 amide bonds. The number of imide groups is 1. The molecule has 1 N–H and O–H groups in total. The van der Waals surface area contributed by atoms with Crippen molar-refractivity contribution in [1.29, 1.82) is 0 Å². The van der Waals surface area contributed by atoms with E-state index in [-0.39, 0.29) is 31.4 Å². The minimum atomic E-state index is -0.671. The fourth-order valence-electron chi connectivity index (χ4n) is 2.37. The van der Waals surface area contributed by atoms with Crippen LogP contribution in [-0.4, -0.2) is 47.9 Å². The summed E-state index contributed by atoms with van der Waals surface area (Å²) in [5, 5.41) is 3.15. The van der Waals surface area contributed by atoms with Crippen molar-refractivity contribution in [3.63, 3.8) is 0 Å². The lowest BCUT2D eigenvalue weighted by atomic mass is 9.92. The van der Waals surface area contributed by atoms with E-state index in [1.165, 1.54) is 4.90 Å². The number of ether oxygens (including phenoxy) is 1. The van der Waals surface area contributed by atoms with E-state index in [0.717, 1.165) is 12.8 Å². The van der Waals surface area contributed by atoms with Gasteiger partial charge in [-0.2, -0.15) is 0 Å². The van der Waals surface area contributed by atoms with Gasteiger partial charge in [0.15, 0.2) is 0 Å². The Kier molecular flexibility index (Phi) is 4.13. The lowest BCUT2D eigenvalue weighted by molar-refractivity contribution is -0.148. The van der Waals surface area contributed by atoms with E-state index in [4.69, 9.17) is 4.74 Å². The zero-order chi connectivity index (χ0) is 14.9. The second-order valence-corrected chi connectivity index (χ2v) is 6.12. The third kappa shape index (κ3) is 3.17. The van der Waals surface area contributed by atoms with Crippen LogP contribution in [0, 0.1) is 5.41 Å². The fraction of sp³-hybridized carbons (Fsp3) is 0.786. The standard InChI is InChI=1S/C14H22N2O4/c1-4-20-12(18)10(15-9-5-6-9)8-16-11(17)7-14(2,3)13(16)19/h9-10,15H,4-8H2,1-3H3. The number of likely N-dealkylation sites (tertiary alicyclic amines) is 1. The molecule has 1 heterocycles. The second-order valence-electron chi connectivity index (χ2n) is 6.12. The van der Waals surface area contributed by atoms with Gasteiger partial charge >= 0.3 is 5.97 Å². The van der Waals surface area contributed by atoms with Crippen molar-refractivity contribution in [2.24, 2.45) is 5.41 Å². The van der Waals surface area contributed by atoms with Gasteiger partial charge < -0.3 is 10.1 Å². The molecule has 0 aromatic carbocycles. The highest BCUT2D eigenvalue weighted by atomic mass is 16.5. The van der Waals surface area contributed by atoms with Crippen LogP contribution < -0.4 is 5.32 Å². The normalized spacial score (nSPS) is 23.1. The summed E-state index contributed by atoms with van der Waals surface area (Å²) in [6.07, 6.45) is 2.23. The smallest absolute Gasteiger partial charge is 0.325 e. The molecule has 20 heavy (non-hydrogen) atoms. The van der Waals surface area contributed by atoms with Gasteiger partial charge in [-0.05, 0) is 19.8 Å². The monoisotopic (exact) mass is 282 g/mol. The molecule has 1 saturated heterocycles. The Bertz CT molecular complexity index is 429. The Morgan fingerprint density at radius 2 is 2.10 bits per heavy atom. The van der Waals surface area contributed by atoms with Crippen molar-refractivity contribution in [2.45, 2.75) is 52.1 Å². The van der Waals surface area contributed by atoms with Crippen LogP contribution in [-0.2, 0) is 19.1 Å². The average molecular weight is 282 g/mol. The molecule has 112 valence electrons. The van der Waals surface area contributed by atoms with Crippen molar-refractivity contribution in [2.75, 3.05) is 13.2 Å². The molecule has 1 aliphatic carbocycles. The summed E-state index contributed by atoms with van der Waals surface area (Å²) >= 11 is 0. The number of nitrogens with zero attached hydrogens (tertiary/aromatic N) is 1. The molecular weight excluding hydrogens is 260 g/mol. The molecule has 6 heteroatoms. The predicted molar refractivity (Wildman–Crippen MR) is 71.7 cm³/mol. The van der Waals surface area contributed by atoms with E-state index in [2.05, 4.69) is 5.32 Å². The second kappa shape index (κ2) is 5.52. The summed E-state index contributed by atoms with van der Waals surface area (Å²) in [5.41, 5.74) is -0.671. The highest BCUT2D eigenvalue weighted by molar-refractivity contribution is 6.05. The molecular formula is C14H22N2O4. The van der Waals surface area contributed by atoms with Crippen LogP contribution in [0.25, 0.3) is 0 Å². The third-order valence-corrected chi connectivity index (χ3v) is 3.67. The number of amides is 2. The summed E-state index contributed by atoms with van der Waals surface area (Å²) in [7, 11) is 0. The van der Waals surface area contributed by atoms with Gasteiger partial charge in [0.25, 0.3) is 0 Å². The van der Waals surface area contributed by atoms with Crippen LogP contribution in [0.5, 0.6) is 0 Å².